The second kappa shape index (κ2) is 5.87. The molecule has 1 aliphatic carbocycles. The van der Waals surface area contributed by atoms with Crippen LogP contribution in [0.25, 0.3) is 0 Å². The van der Waals surface area contributed by atoms with Crippen molar-refractivity contribution in [3.63, 3.8) is 0 Å². The lowest BCUT2D eigenvalue weighted by Crippen LogP contribution is -2.25. The second-order valence-electron chi connectivity index (χ2n) is 4.47. The molecule has 0 N–H and O–H groups in total. The second-order valence-corrected chi connectivity index (χ2v) is 4.47. The lowest BCUT2D eigenvalue weighted by atomic mass is 9.88. The highest BCUT2D eigenvalue weighted by Gasteiger charge is 2.34. The van der Waals surface area contributed by atoms with E-state index in [9.17, 15) is 9.59 Å². The number of ketones is 2. The van der Waals surface area contributed by atoms with Crippen LogP contribution >= 0.6 is 0 Å². The van der Waals surface area contributed by atoms with Gasteiger partial charge in [-0.05, 0) is 34.1 Å². The first kappa shape index (κ1) is 15.2. The number of methoxy groups -OCH3 is 2. The average Bonchev–Trinajstić information content (AvgIpc) is 2.37. The third-order valence-corrected chi connectivity index (χ3v) is 3.21. The standard InChI is InChI=1S/C15H18O4/c1-8(2)9(3)7-11-10(4)12(16)14(18-5)15(19-6)13(11)17/h1H,7H2,2-6H3/b9-8-. The summed E-state index contributed by atoms with van der Waals surface area (Å²) in [6.45, 7) is 10.9. The molecule has 102 valence electrons. The van der Waals surface area contributed by atoms with E-state index in [1.807, 2.05) is 6.92 Å². The average molecular weight is 262 g/mol. The molecule has 0 aromatic rings. The van der Waals surface area contributed by atoms with Gasteiger partial charge in [-0.2, -0.15) is 0 Å². The Hall–Kier alpha value is -1.84. The van der Waals surface area contributed by atoms with Gasteiger partial charge in [0, 0.05) is 11.1 Å². The van der Waals surface area contributed by atoms with Gasteiger partial charge in [-0.3, -0.25) is 9.59 Å². The van der Waals surface area contributed by atoms with Gasteiger partial charge in [0.2, 0.25) is 23.1 Å². The number of carbonyl (C=O) groups excluding carboxylic acids is 2. The Kier molecular flexibility index (Phi) is 4.70. The Labute approximate surface area is 113 Å². The van der Waals surface area contributed by atoms with Crippen LogP contribution in [0.2, 0.25) is 0 Å². The van der Waals surface area contributed by atoms with Gasteiger partial charge >= 0.3 is 0 Å². The molecule has 0 heterocycles. The number of allylic oxidation sites excluding steroid dienone is 4. The van der Waals surface area contributed by atoms with Crippen LogP contribution in [0.15, 0.2) is 33.8 Å². The largest absolute Gasteiger partial charge is 0.489 e. The zero-order valence-corrected chi connectivity index (χ0v) is 11.9. The zero-order chi connectivity index (χ0) is 14.7. The Morgan fingerprint density at radius 3 is 1.95 bits per heavy atom. The molecule has 0 aromatic carbocycles. The first-order valence-corrected chi connectivity index (χ1v) is 5.88. The summed E-state index contributed by atoms with van der Waals surface area (Å²) in [5, 5.41) is 0. The van der Waals surface area contributed by atoms with Crippen molar-refractivity contribution in [3.8, 4) is 0 Å². The van der Waals surface area contributed by atoms with E-state index in [1.165, 1.54) is 14.2 Å². The van der Waals surface area contributed by atoms with Crippen LogP contribution in [0.4, 0.5) is 0 Å². The van der Waals surface area contributed by atoms with Crippen LogP contribution in [-0.4, -0.2) is 25.8 Å². The minimum absolute atomic E-state index is 0.0418. The number of ether oxygens (including phenoxy) is 2. The Morgan fingerprint density at radius 1 is 1.05 bits per heavy atom. The Balaban J connectivity index is 3.28. The maximum absolute atomic E-state index is 12.3. The third kappa shape index (κ3) is 2.78. The van der Waals surface area contributed by atoms with E-state index in [0.29, 0.717) is 23.1 Å². The molecule has 0 saturated carbocycles. The lowest BCUT2D eigenvalue weighted by molar-refractivity contribution is -0.121. The molecule has 19 heavy (non-hydrogen) atoms. The maximum Gasteiger partial charge on any atom is 0.228 e. The molecule has 0 unspecified atom stereocenters. The quantitative estimate of drug-likeness (QED) is 0.730. The summed E-state index contributed by atoms with van der Waals surface area (Å²) in [5.74, 6) is -0.732. The first-order chi connectivity index (χ1) is 8.84. The fourth-order valence-electron chi connectivity index (χ4n) is 1.81. The molecule has 1 aliphatic rings. The van der Waals surface area contributed by atoms with Gasteiger partial charge in [0.25, 0.3) is 0 Å². The summed E-state index contributed by atoms with van der Waals surface area (Å²) in [6, 6.07) is 0. The lowest BCUT2D eigenvalue weighted by Gasteiger charge is -2.20. The minimum atomic E-state index is -0.323. The van der Waals surface area contributed by atoms with E-state index in [1.54, 1.807) is 13.8 Å². The van der Waals surface area contributed by atoms with Crippen molar-refractivity contribution in [1.29, 1.82) is 0 Å². The van der Waals surface area contributed by atoms with Crippen molar-refractivity contribution >= 4 is 11.6 Å². The first-order valence-electron chi connectivity index (χ1n) is 5.88. The van der Waals surface area contributed by atoms with Gasteiger partial charge in [-0.15, -0.1) is 0 Å². The van der Waals surface area contributed by atoms with E-state index in [2.05, 4.69) is 0 Å². The summed E-state index contributed by atoms with van der Waals surface area (Å²) in [7, 11) is 2.68. The third-order valence-electron chi connectivity index (χ3n) is 3.21. The van der Waals surface area contributed by atoms with Crippen molar-refractivity contribution in [2.24, 2.45) is 0 Å². The van der Waals surface area contributed by atoms with E-state index in [4.69, 9.17) is 16.4 Å². The van der Waals surface area contributed by atoms with Gasteiger partial charge in [-0.1, -0.05) is 11.1 Å². The minimum Gasteiger partial charge on any atom is -0.489 e. The normalized spacial score (nSPS) is 17.8. The highest BCUT2D eigenvalue weighted by molar-refractivity contribution is 6.23. The van der Waals surface area contributed by atoms with Crippen LogP contribution in [0.5, 0.6) is 0 Å². The molecule has 0 saturated heterocycles. The van der Waals surface area contributed by atoms with Gasteiger partial charge in [0.15, 0.2) is 0 Å². The van der Waals surface area contributed by atoms with Crippen molar-refractivity contribution in [2.75, 3.05) is 14.2 Å². The number of carbonyl (C=O) groups is 2. The molecule has 0 aliphatic heterocycles. The molecule has 0 fully saturated rings. The van der Waals surface area contributed by atoms with Crippen LogP contribution < -0.4 is 0 Å². The van der Waals surface area contributed by atoms with Crippen LogP contribution in [0.3, 0.4) is 0 Å². The summed E-state index contributed by atoms with van der Waals surface area (Å²) >= 11 is 0. The van der Waals surface area contributed by atoms with Gasteiger partial charge in [0.05, 0.1) is 14.2 Å². The molecule has 2 radical (unpaired) electrons. The van der Waals surface area contributed by atoms with E-state index >= 15 is 0 Å². The number of rotatable bonds is 4. The number of Topliss-reactive ketones (excluding diaryl/α,β-unsaturated/α-hetero) is 2. The highest BCUT2D eigenvalue weighted by atomic mass is 16.5. The molecule has 1 rings (SSSR count). The molecule has 0 spiro atoms. The van der Waals surface area contributed by atoms with E-state index in [0.717, 1.165) is 5.57 Å². The number of hydrogen-bond acceptors (Lipinski definition) is 4. The van der Waals surface area contributed by atoms with Crippen molar-refractivity contribution in [1.82, 2.24) is 0 Å². The summed E-state index contributed by atoms with van der Waals surface area (Å²) < 4.78 is 9.96. The molecular formula is C15H18O4. The van der Waals surface area contributed by atoms with Crippen LogP contribution in [0, 0.1) is 6.92 Å². The van der Waals surface area contributed by atoms with Gasteiger partial charge in [-0.25, -0.2) is 0 Å². The number of hydrogen-bond donors (Lipinski definition) is 0. The topological polar surface area (TPSA) is 52.6 Å². The molecule has 0 amide bonds. The fraction of sp³-hybridized carbons (Fsp3) is 0.400. The summed E-state index contributed by atoms with van der Waals surface area (Å²) in [5.41, 5.74) is 2.28. The van der Waals surface area contributed by atoms with Crippen LogP contribution in [-0.2, 0) is 19.1 Å². The zero-order valence-electron chi connectivity index (χ0n) is 11.9. The molecule has 0 aromatic heterocycles. The van der Waals surface area contributed by atoms with Crippen molar-refractivity contribution < 1.29 is 19.1 Å². The Morgan fingerprint density at radius 2 is 1.53 bits per heavy atom. The van der Waals surface area contributed by atoms with Crippen LogP contribution in [0.1, 0.15) is 27.2 Å². The molecule has 4 heteroatoms. The van der Waals surface area contributed by atoms with Gasteiger partial charge in [0.1, 0.15) is 0 Å². The van der Waals surface area contributed by atoms with Crippen molar-refractivity contribution in [3.05, 3.63) is 40.7 Å². The molecular weight excluding hydrogens is 244 g/mol. The predicted molar refractivity (Wildman–Crippen MR) is 71.0 cm³/mol. The summed E-state index contributed by atoms with van der Waals surface area (Å²) in [4.78, 5) is 24.4. The smallest absolute Gasteiger partial charge is 0.228 e. The molecule has 4 nitrogen and oxygen atoms in total. The predicted octanol–water partition coefficient (Wildman–Crippen LogP) is 2.40. The SMILES string of the molecule is [CH]/C(C)=C(\C)CC1=C(C)C(=O)C(OC)=C(OC)C1=O. The molecule has 0 bridgehead atoms. The van der Waals surface area contributed by atoms with E-state index in [-0.39, 0.29) is 23.1 Å². The monoisotopic (exact) mass is 262 g/mol. The van der Waals surface area contributed by atoms with Gasteiger partial charge < -0.3 is 9.47 Å². The molecule has 0 atom stereocenters. The van der Waals surface area contributed by atoms with E-state index < -0.39 is 0 Å². The highest BCUT2D eigenvalue weighted by Crippen LogP contribution is 2.29. The maximum atomic E-state index is 12.3. The Bertz CT molecular complexity index is 514. The fourth-order valence-corrected chi connectivity index (χ4v) is 1.81. The summed E-state index contributed by atoms with van der Waals surface area (Å²) in [6.07, 6.45) is 0.336. The van der Waals surface area contributed by atoms with Crippen molar-refractivity contribution in [2.45, 2.75) is 27.2 Å².